The van der Waals surface area contributed by atoms with Crippen molar-refractivity contribution in [2.45, 2.75) is 12.8 Å². The highest BCUT2D eigenvalue weighted by molar-refractivity contribution is 7.88. The van der Waals surface area contributed by atoms with Crippen molar-refractivity contribution in [2.24, 2.45) is 0 Å². The van der Waals surface area contributed by atoms with Gasteiger partial charge in [0.2, 0.25) is 10.0 Å². The van der Waals surface area contributed by atoms with E-state index < -0.39 is 10.0 Å². The molecule has 0 fully saturated rings. The Kier molecular flexibility index (Phi) is 7.16. The zero-order chi connectivity index (χ0) is 10.2. The number of aliphatic hydroxyl groups excluding tert-OH is 1. The zero-order valence-electron chi connectivity index (χ0n) is 7.91. The van der Waals surface area contributed by atoms with E-state index in [2.05, 4.69) is 10.0 Å². The minimum absolute atomic E-state index is 0.212. The quantitative estimate of drug-likeness (QED) is 0.444. The monoisotopic (exact) mass is 210 g/mol. The van der Waals surface area contributed by atoms with E-state index in [1.54, 1.807) is 0 Å². The first-order valence-electron chi connectivity index (χ1n) is 4.32. The minimum Gasteiger partial charge on any atom is -0.396 e. The molecule has 0 saturated heterocycles. The van der Waals surface area contributed by atoms with Gasteiger partial charge in [-0.25, -0.2) is 13.1 Å². The second-order valence-electron chi connectivity index (χ2n) is 2.85. The van der Waals surface area contributed by atoms with Crippen molar-refractivity contribution in [1.82, 2.24) is 10.0 Å². The molecular formula is C7H18N2O3S. The molecule has 0 aliphatic carbocycles. The normalized spacial score (nSPS) is 11.8. The Labute approximate surface area is 79.6 Å². The first-order valence-corrected chi connectivity index (χ1v) is 6.21. The van der Waals surface area contributed by atoms with Gasteiger partial charge >= 0.3 is 0 Å². The average molecular weight is 210 g/mol. The number of nitrogens with one attached hydrogen (secondary N) is 2. The maximum Gasteiger partial charge on any atom is 0.208 e. The molecule has 0 aliphatic heterocycles. The van der Waals surface area contributed by atoms with E-state index in [4.69, 9.17) is 5.11 Å². The maximum absolute atomic E-state index is 10.6. The molecule has 0 saturated carbocycles. The number of sulfonamides is 1. The number of rotatable bonds is 8. The zero-order valence-corrected chi connectivity index (χ0v) is 8.73. The third kappa shape index (κ3) is 11.8. The summed E-state index contributed by atoms with van der Waals surface area (Å²) in [4.78, 5) is 0. The van der Waals surface area contributed by atoms with Crippen molar-refractivity contribution in [1.29, 1.82) is 0 Å². The maximum atomic E-state index is 10.6. The Morgan fingerprint density at radius 2 is 1.85 bits per heavy atom. The summed E-state index contributed by atoms with van der Waals surface area (Å²) in [5.74, 6) is 0. The second-order valence-corrected chi connectivity index (χ2v) is 4.68. The minimum atomic E-state index is -3.05. The van der Waals surface area contributed by atoms with E-state index in [1.807, 2.05) is 0 Å². The van der Waals surface area contributed by atoms with Crippen molar-refractivity contribution in [3.05, 3.63) is 0 Å². The van der Waals surface area contributed by atoms with Crippen LogP contribution in [0.2, 0.25) is 0 Å². The van der Waals surface area contributed by atoms with E-state index in [0.717, 1.165) is 25.6 Å². The summed E-state index contributed by atoms with van der Waals surface area (Å²) in [5.41, 5.74) is 0. The molecule has 0 amide bonds. The largest absolute Gasteiger partial charge is 0.396 e. The lowest BCUT2D eigenvalue weighted by atomic mass is 10.3. The molecule has 0 atom stereocenters. The first-order chi connectivity index (χ1) is 6.06. The molecule has 0 bridgehead atoms. The predicted molar refractivity (Wildman–Crippen MR) is 52.0 cm³/mol. The lowest BCUT2D eigenvalue weighted by Crippen LogP contribution is -2.31. The summed E-state index contributed by atoms with van der Waals surface area (Å²) < 4.78 is 23.6. The van der Waals surface area contributed by atoms with Crippen LogP contribution in [0.5, 0.6) is 0 Å². The molecule has 0 aromatic heterocycles. The third-order valence-electron chi connectivity index (χ3n) is 1.43. The molecule has 0 heterocycles. The van der Waals surface area contributed by atoms with Crippen LogP contribution in [0.3, 0.4) is 0 Å². The van der Waals surface area contributed by atoms with Crippen molar-refractivity contribution in [3.63, 3.8) is 0 Å². The molecular weight excluding hydrogens is 192 g/mol. The van der Waals surface area contributed by atoms with Gasteiger partial charge in [0.05, 0.1) is 6.26 Å². The molecule has 0 aliphatic rings. The summed E-state index contributed by atoms with van der Waals surface area (Å²) >= 11 is 0. The lowest BCUT2D eigenvalue weighted by Gasteiger charge is -2.04. The van der Waals surface area contributed by atoms with Gasteiger partial charge in [-0.05, 0) is 19.4 Å². The van der Waals surface area contributed by atoms with E-state index in [-0.39, 0.29) is 6.61 Å². The molecule has 6 heteroatoms. The summed E-state index contributed by atoms with van der Waals surface area (Å²) in [5, 5.41) is 11.5. The van der Waals surface area contributed by atoms with Crippen LogP contribution < -0.4 is 10.0 Å². The van der Waals surface area contributed by atoms with Crippen LogP contribution in [0.25, 0.3) is 0 Å². The van der Waals surface area contributed by atoms with Gasteiger partial charge in [-0.1, -0.05) is 0 Å². The van der Waals surface area contributed by atoms with E-state index in [1.165, 1.54) is 0 Å². The van der Waals surface area contributed by atoms with Crippen molar-refractivity contribution < 1.29 is 13.5 Å². The highest BCUT2D eigenvalue weighted by Crippen LogP contribution is 1.82. The van der Waals surface area contributed by atoms with Crippen molar-refractivity contribution in [2.75, 3.05) is 32.5 Å². The third-order valence-corrected chi connectivity index (χ3v) is 2.16. The fourth-order valence-corrected chi connectivity index (χ4v) is 1.28. The highest BCUT2D eigenvalue weighted by atomic mass is 32.2. The Bertz CT molecular complexity index is 204. The number of hydrogen-bond acceptors (Lipinski definition) is 4. The smallest absolute Gasteiger partial charge is 0.208 e. The van der Waals surface area contributed by atoms with Gasteiger partial charge in [0.15, 0.2) is 0 Å². The van der Waals surface area contributed by atoms with Gasteiger partial charge in [-0.15, -0.1) is 0 Å². The summed E-state index contributed by atoms with van der Waals surface area (Å²) in [6.07, 6.45) is 2.83. The van der Waals surface area contributed by atoms with E-state index in [0.29, 0.717) is 13.1 Å². The molecule has 0 radical (unpaired) electrons. The molecule has 0 aromatic rings. The van der Waals surface area contributed by atoms with E-state index in [9.17, 15) is 8.42 Å². The van der Waals surface area contributed by atoms with Crippen LogP contribution >= 0.6 is 0 Å². The van der Waals surface area contributed by atoms with Gasteiger partial charge in [0.25, 0.3) is 0 Å². The van der Waals surface area contributed by atoms with Gasteiger partial charge in [-0.3, -0.25) is 0 Å². The molecule has 5 nitrogen and oxygen atoms in total. The van der Waals surface area contributed by atoms with Crippen molar-refractivity contribution >= 4 is 10.0 Å². The van der Waals surface area contributed by atoms with Gasteiger partial charge in [0, 0.05) is 19.7 Å². The fraction of sp³-hybridized carbons (Fsp3) is 1.00. The molecule has 0 rings (SSSR count). The van der Waals surface area contributed by atoms with Gasteiger partial charge in [0.1, 0.15) is 0 Å². The molecule has 0 spiro atoms. The molecule has 80 valence electrons. The molecule has 0 aromatic carbocycles. The van der Waals surface area contributed by atoms with E-state index >= 15 is 0 Å². The Morgan fingerprint density at radius 1 is 1.15 bits per heavy atom. The Morgan fingerprint density at radius 3 is 2.38 bits per heavy atom. The Hall–Kier alpha value is -0.170. The first kappa shape index (κ1) is 12.8. The summed E-state index contributed by atoms with van der Waals surface area (Å²) in [6.45, 7) is 2.06. The van der Waals surface area contributed by atoms with Crippen LogP contribution in [0.1, 0.15) is 12.8 Å². The number of aliphatic hydroxyl groups is 1. The standard InChI is InChI=1S/C7H18N2O3S/c1-13(11,12)9-6-5-8-4-2-3-7-10/h8-10H,2-7H2,1H3. The number of hydrogen-bond donors (Lipinski definition) is 3. The van der Waals surface area contributed by atoms with Crippen LogP contribution in [0.4, 0.5) is 0 Å². The molecule has 3 N–H and O–H groups in total. The second kappa shape index (κ2) is 7.25. The SMILES string of the molecule is CS(=O)(=O)NCCNCCCCO. The lowest BCUT2D eigenvalue weighted by molar-refractivity contribution is 0.284. The topological polar surface area (TPSA) is 78.4 Å². The summed E-state index contributed by atoms with van der Waals surface area (Å²) in [7, 11) is -3.05. The summed E-state index contributed by atoms with van der Waals surface area (Å²) in [6, 6.07) is 0. The van der Waals surface area contributed by atoms with Gasteiger partial charge < -0.3 is 10.4 Å². The Balaban J connectivity index is 3.09. The van der Waals surface area contributed by atoms with Crippen molar-refractivity contribution in [3.8, 4) is 0 Å². The van der Waals surface area contributed by atoms with Gasteiger partial charge in [-0.2, -0.15) is 0 Å². The predicted octanol–water partition coefficient (Wildman–Crippen LogP) is -1.10. The number of unbranched alkanes of at least 4 members (excludes halogenated alkanes) is 1. The van der Waals surface area contributed by atoms with Crippen LogP contribution in [-0.4, -0.2) is 46.0 Å². The fourth-order valence-electron chi connectivity index (χ4n) is 0.812. The van der Waals surface area contributed by atoms with Crippen LogP contribution in [0, 0.1) is 0 Å². The van der Waals surface area contributed by atoms with Crippen LogP contribution in [0.15, 0.2) is 0 Å². The molecule has 0 unspecified atom stereocenters. The van der Waals surface area contributed by atoms with Crippen LogP contribution in [-0.2, 0) is 10.0 Å². The highest BCUT2D eigenvalue weighted by Gasteiger charge is 1.97. The molecule has 13 heavy (non-hydrogen) atoms. The average Bonchev–Trinajstić information content (AvgIpc) is 2.01.